The summed E-state index contributed by atoms with van der Waals surface area (Å²) in [6, 6.07) is 6.92. The van der Waals surface area contributed by atoms with Crippen molar-refractivity contribution in [3.63, 3.8) is 0 Å². The van der Waals surface area contributed by atoms with E-state index in [2.05, 4.69) is 15.9 Å². The molecule has 1 saturated carbocycles. The van der Waals surface area contributed by atoms with Crippen LogP contribution in [0.4, 0.5) is 4.39 Å². The number of hydrogen-bond acceptors (Lipinski definition) is 0. The third-order valence-corrected chi connectivity index (χ3v) is 3.86. The summed E-state index contributed by atoms with van der Waals surface area (Å²) in [5.41, 5.74) is 1.09. The van der Waals surface area contributed by atoms with Crippen LogP contribution < -0.4 is 0 Å². The van der Waals surface area contributed by atoms with E-state index in [4.69, 9.17) is 0 Å². The van der Waals surface area contributed by atoms with Crippen LogP contribution >= 0.6 is 15.9 Å². The van der Waals surface area contributed by atoms with Crippen LogP contribution in [0.2, 0.25) is 0 Å². The molecule has 1 fully saturated rings. The lowest BCUT2D eigenvalue weighted by molar-refractivity contribution is 0.294. The van der Waals surface area contributed by atoms with Gasteiger partial charge in [0.2, 0.25) is 0 Å². The Morgan fingerprint density at radius 2 is 2.20 bits per heavy atom. The van der Waals surface area contributed by atoms with Crippen LogP contribution in [0.1, 0.15) is 31.2 Å². The van der Waals surface area contributed by atoms with Gasteiger partial charge in [0.25, 0.3) is 0 Å². The van der Waals surface area contributed by atoms with E-state index in [0.29, 0.717) is 4.83 Å². The molecule has 1 aromatic carbocycles. The lowest BCUT2D eigenvalue weighted by atomic mass is 9.81. The summed E-state index contributed by atoms with van der Waals surface area (Å²) in [4.78, 5) is 0.504. The van der Waals surface area contributed by atoms with Crippen LogP contribution in [-0.2, 0) is 6.42 Å². The molecule has 0 N–H and O–H groups in total. The molecule has 0 radical (unpaired) electrons. The summed E-state index contributed by atoms with van der Waals surface area (Å²) in [6.45, 7) is 0. The van der Waals surface area contributed by atoms with E-state index in [-0.39, 0.29) is 5.82 Å². The van der Waals surface area contributed by atoms with Crippen molar-refractivity contribution in [3.05, 3.63) is 35.6 Å². The van der Waals surface area contributed by atoms with Gasteiger partial charge in [0, 0.05) is 4.83 Å². The fraction of sp³-hybridized carbons (Fsp3) is 0.538. The normalized spacial score (nSPS) is 18.5. The molecule has 0 heterocycles. The lowest BCUT2D eigenvalue weighted by Crippen LogP contribution is -2.17. The average molecular weight is 271 g/mol. The smallest absolute Gasteiger partial charge is 0.123 e. The SMILES string of the molecule is Fc1cccc(CC(Br)CC2CCC2)c1. The third kappa shape index (κ3) is 3.30. The Morgan fingerprint density at radius 1 is 1.40 bits per heavy atom. The van der Waals surface area contributed by atoms with E-state index in [1.807, 2.05) is 6.07 Å². The zero-order valence-electron chi connectivity index (χ0n) is 8.76. The third-order valence-electron chi connectivity index (χ3n) is 3.16. The topological polar surface area (TPSA) is 0 Å². The molecule has 82 valence electrons. The molecule has 0 spiro atoms. The summed E-state index contributed by atoms with van der Waals surface area (Å²) in [5, 5.41) is 0. The number of halogens is 2. The van der Waals surface area contributed by atoms with Crippen molar-refractivity contribution in [2.45, 2.75) is 36.9 Å². The van der Waals surface area contributed by atoms with E-state index in [9.17, 15) is 4.39 Å². The zero-order valence-corrected chi connectivity index (χ0v) is 10.3. The van der Waals surface area contributed by atoms with Crippen molar-refractivity contribution in [2.24, 2.45) is 5.92 Å². The first-order valence-corrected chi connectivity index (χ1v) is 6.54. The Bertz CT molecular complexity index is 320. The first-order chi connectivity index (χ1) is 7.24. The molecule has 2 rings (SSSR count). The van der Waals surface area contributed by atoms with E-state index >= 15 is 0 Å². The van der Waals surface area contributed by atoms with Gasteiger partial charge < -0.3 is 0 Å². The zero-order chi connectivity index (χ0) is 10.7. The monoisotopic (exact) mass is 270 g/mol. The fourth-order valence-corrected chi connectivity index (χ4v) is 3.00. The molecule has 0 bridgehead atoms. The molecule has 2 heteroatoms. The van der Waals surface area contributed by atoms with Crippen molar-refractivity contribution in [1.29, 1.82) is 0 Å². The predicted octanol–water partition coefficient (Wildman–Crippen LogP) is 4.32. The minimum absolute atomic E-state index is 0.129. The minimum Gasteiger partial charge on any atom is -0.207 e. The summed E-state index contributed by atoms with van der Waals surface area (Å²) in [6.07, 6.45) is 6.33. The summed E-state index contributed by atoms with van der Waals surface area (Å²) in [5.74, 6) is 0.777. The first-order valence-electron chi connectivity index (χ1n) is 5.62. The molecule has 0 nitrogen and oxygen atoms in total. The maximum absolute atomic E-state index is 12.9. The molecule has 0 aliphatic heterocycles. The van der Waals surface area contributed by atoms with Gasteiger partial charge in [-0.15, -0.1) is 0 Å². The van der Waals surface area contributed by atoms with Gasteiger partial charge in [-0.3, -0.25) is 0 Å². The van der Waals surface area contributed by atoms with Gasteiger partial charge in [-0.2, -0.15) is 0 Å². The fourth-order valence-electron chi connectivity index (χ4n) is 2.09. The molecule has 1 aliphatic carbocycles. The van der Waals surface area contributed by atoms with E-state index < -0.39 is 0 Å². The van der Waals surface area contributed by atoms with Crippen LogP contribution in [0.5, 0.6) is 0 Å². The van der Waals surface area contributed by atoms with Crippen molar-refractivity contribution in [3.8, 4) is 0 Å². The van der Waals surface area contributed by atoms with Crippen LogP contribution in [-0.4, -0.2) is 4.83 Å². The number of benzene rings is 1. The van der Waals surface area contributed by atoms with Crippen LogP contribution in [0.3, 0.4) is 0 Å². The Kier molecular flexibility index (Phi) is 3.79. The quantitative estimate of drug-likeness (QED) is 0.715. The Labute approximate surface area is 99.0 Å². The molecule has 1 aliphatic rings. The first kappa shape index (κ1) is 11.1. The van der Waals surface area contributed by atoms with E-state index in [1.165, 1.54) is 31.7 Å². The van der Waals surface area contributed by atoms with Crippen molar-refractivity contribution in [1.82, 2.24) is 0 Å². The molecular weight excluding hydrogens is 255 g/mol. The van der Waals surface area contributed by atoms with Gasteiger partial charge in [-0.25, -0.2) is 4.39 Å². The molecule has 1 aromatic rings. The maximum Gasteiger partial charge on any atom is 0.123 e. The van der Waals surface area contributed by atoms with Gasteiger partial charge in [0.05, 0.1) is 0 Å². The predicted molar refractivity (Wildman–Crippen MR) is 64.8 cm³/mol. The van der Waals surface area contributed by atoms with Crippen LogP contribution in [0.25, 0.3) is 0 Å². The van der Waals surface area contributed by atoms with Gasteiger partial charge in [0.15, 0.2) is 0 Å². The second-order valence-electron chi connectivity index (χ2n) is 4.46. The second-order valence-corrected chi connectivity index (χ2v) is 5.76. The molecule has 15 heavy (non-hydrogen) atoms. The highest BCUT2D eigenvalue weighted by molar-refractivity contribution is 9.09. The highest BCUT2D eigenvalue weighted by Gasteiger charge is 2.20. The van der Waals surface area contributed by atoms with E-state index in [0.717, 1.165) is 17.9 Å². The van der Waals surface area contributed by atoms with Crippen molar-refractivity contribution < 1.29 is 4.39 Å². The number of hydrogen-bond donors (Lipinski definition) is 0. The second kappa shape index (κ2) is 5.11. The van der Waals surface area contributed by atoms with Crippen molar-refractivity contribution >= 4 is 15.9 Å². The number of rotatable bonds is 4. The molecule has 0 aromatic heterocycles. The van der Waals surface area contributed by atoms with Gasteiger partial charge in [-0.1, -0.05) is 47.3 Å². The molecule has 0 saturated heterocycles. The summed E-state index contributed by atoms with van der Waals surface area (Å²) >= 11 is 3.69. The standard InChI is InChI=1S/C13H16BrF/c14-12(7-10-3-1-4-10)8-11-5-2-6-13(15)9-11/h2,5-6,9-10,12H,1,3-4,7-8H2. The molecule has 1 unspecified atom stereocenters. The highest BCUT2D eigenvalue weighted by Crippen LogP contribution is 2.33. The van der Waals surface area contributed by atoms with Gasteiger partial charge in [-0.05, 0) is 36.5 Å². The minimum atomic E-state index is -0.129. The van der Waals surface area contributed by atoms with Gasteiger partial charge in [0.1, 0.15) is 5.82 Å². The van der Waals surface area contributed by atoms with Gasteiger partial charge >= 0.3 is 0 Å². The maximum atomic E-state index is 12.9. The molecule has 0 amide bonds. The highest BCUT2D eigenvalue weighted by atomic mass is 79.9. The summed E-state index contributed by atoms with van der Waals surface area (Å²) < 4.78 is 12.9. The summed E-state index contributed by atoms with van der Waals surface area (Å²) in [7, 11) is 0. The van der Waals surface area contributed by atoms with Crippen LogP contribution in [0.15, 0.2) is 24.3 Å². The van der Waals surface area contributed by atoms with Crippen molar-refractivity contribution in [2.75, 3.05) is 0 Å². The van der Waals surface area contributed by atoms with E-state index in [1.54, 1.807) is 12.1 Å². The Balaban J connectivity index is 1.84. The number of alkyl halides is 1. The van der Waals surface area contributed by atoms with Crippen LogP contribution in [0, 0.1) is 11.7 Å². The molecule has 1 atom stereocenters. The average Bonchev–Trinajstić information content (AvgIpc) is 2.11. The largest absolute Gasteiger partial charge is 0.207 e. The Hall–Kier alpha value is -0.370. The molecular formula is C13H16BrF. The lowest BCUT2D eigenvalue weighted by Gasteiger charge is -2.27. The Morgan fingerprint density at radius 3 is 2.80 bits per heavy atom.